The molecule has 2 aromatic carbocycles. The summed E-state index contributed by atoms with van der Waals surface area (Å²) in [6, 6.07) is 12.3. The number of hydrogen-bond donors (Lipinski definition) is 1. The van der Waals surface area contributed by atoms with Crippen LogP contribution in [0.2, 0.25) is 10.0 Å². The molecular weight excluding hydrogens is 321 g/mol. The lowest BCUT2D eigenvalue weighted by Gasteiger charge is -2.09. The summed E-state index contributed by atoms with van der Waals surface area (Å²) in [5.41, 5.74) is 1.37. The minimum absolute atomic E-state index is 0.173. The van der Waals surface area contributed by atoms with Gasteiger partial charge in [0, 0.05) is 22.2 Å². The number of halogens is 2. The maximum atomic E-state index is 12.2. The molecule has 0 aliphatic carbocycles. The molecule has 5 heteroatoms. The fourth-order valence-electron chi connectivity index (χ4n) is 1.89. The first-order valence-electron chi connectivity index (χ1n) is 7.05. The summed E-state index contributed by atoms with van der Waals surface area (Å²) in [4.78, 5) is 12.2. The van der Waals surface area contributed by atoms with Gasteiger partial charge in [-0.25, -0.2) is 0 Å². The average molecular weight is 338 g/mol. The number of hydrogen-bond acceptors (Lipinski definition) is 2. The normalized spacial score (nSPS) is 10.3. The highest BCUT2D eigenvalue weighted by Gasteiger charge is 2.08. The van der Waals surface area contributed by atoms with E-state index in [4.69, 9.17) is 27.9 Å². The minimum atomic E-state index is -0.173. The molecule has 0 atom stereocenters. The van der Waals surface area contributed by atoms with Crippen molar-refractivity contribution in [2.24, 2.45) is 0 Å². The first kappa shape index (κ1) is 16.7. The summed E-state index contributed by atoms with van der Waals surface area (Å²) in [5, 5.41) is 3.94. The van der Waals surface area contributed by atoms with Crippen molar-refractivity contribution in [1.82, 2.24) is 5.32 Å². The zero-order chi connectivity index (χ0) is 15.9. The topological polar surface area (TPSA) is 38.3 Å². The van der Waals surface area contributed by atoms with Gasteiger partial charge in [0.15, 0.2) is 0 Å². The van der Waals surface area contributed by atoms with E-state index in [2.05, 4.69) is 5.32 Å². The summed E-state index contributed by atoms with van der Waals surface area (Å²) >= 11 is 11.9. The van der Waals surface area contributed by atoms with Gasteiger partial charge >= 0.3 is 0 Å². The SMILES string of the molecule is CCCOc1cccc(C(=O)NCc2ccc(Cl)cc2Cl)c1. The predicted octanol–water partition coefficient (Wildman–Crippen LogP) is 4.71. The van der Waals surface area contributed by atoms with Crippen LogP contribution in [-0.4, -0.2) is 12.5 Å². The lowest BCUT2D eigenvalue weighted by Crippen LogP contribution is -2.22. The molecule has 0 aromatic heterocycles. The van der Waals surface area contributed by atoms with E-state index >= 15 is 0 Å². The molecule has 3 nitrogen and oxygen atoms in total. The number of amides is 1. The molecule has 116 valence electrons. The van der Waals surface area contributed by atoms with Gasteiger partial charge in [-0.05, 0) is 42.3 Å². The number of nitrogens with one attached hydrogen (secondary N) is 1. The Hall–Kier alpha value is -1.71. The summed E-state index contributed by atoms with van der Waals surface area (Å²) in [6.45, 7) is 3.01. The molecule has 0 heterocycles. The van der Waals surface area contributed by atoms with Gasteiger partial charge < -0.3 is 10.1 Å². The molecule has 1 amide bonds. The molecule has 0 saturated carbocycles. The molecule has 0 radical (unpaired) electrons. The van der Waals surface area contributed by atoms with Crippen molar-refractivity contribution < 1.29 is 9.53 Å². The van der Waals surface area contributed by atoms with Crippen LogP contribution in [0.5, 0.6) is 5.75 Å². The van der Waals surface area contributed by atoms with Crippen LogP contribution in [0.4, 0.5) is 0 Å². The molecule has 2 rings (SSSR count). The molecule has 22 heavy (non-hydrogen) atoms. The molecule has 0 spiro atoms. The van der Waals surface area contributed by atoms with Crippen LogP contribution in [0.25, 0.3) is 0 Å². The summed E-state index contributed by atoms with van der Waals surface area (Å²) in [5.74, 6) is 0.520. The van der Waals surface area contributed by atoms with Crippen LogP contribution in [0.15, 0.2) is 42.5 Å². The van der Waals surface area contributed by atoms with Gasteiger partial charge in [0.05, 0.1) is 6.61 Å². The maximum absolute atomic E-state index is 12.2. The highest BCUT2D eigenvalue weighted by molar-refractivity contribution is 6.35. The van der Waals surface area contributed by atoms with Crippen molar-refractivity contribution in [2.75, 3.05) is 6.61 Å². The predicted molar refractivity (Wildman–Crippen MR) is 89.9 cm³/mol. The second-order valence-corrected chi connectivity index (χ2v) is 5.64. The Morgan fingerprint density at radius 1 is 1.18 bits per heavy atom. The number of rotatable bonds is 6. The number of carbonyl (C=O) groups excluding carboxylic acids is 1. The Balaban J connectivity index is 2.00. The Morgan fingerprint density at radius 2 is 2.00 bits per heavy atom. The van der Waals surface area contributed by atoms with E-state index in [0.717, 1.165) is 12.0 Å². The summed E-state index contributed by atoms with van der Waals surface area (Å²) < 4.78 is 5.53. The van der Waals surface area contributed by atoms with E-state index in [1.165, 1.54) is 0 Å². The van der Waals surface area contributed by atoms with E-state index in [9.17, 15) is 4.79 Å². The lowest BCUT2D eigenvalue weighted by molar-refractivity contribution is 0.0950. The van der Waals surface area contributed by atoms with Gasteiger partial charge in [0.25, 0.3) is 5.91 Å². The van der Waals surface area contributed by atoms with Gasteiger partial charge in [0.1, 0.15) is 5.75 Å². The van der Waals surface area contributed by atoms with Gasteiger partial charge in [-0.1, -0.05) is 42.3 Å². The van der Waals surface area contributed by atoms with Crippen LogP contribution in [0.3, 0.4) is 0 Å². The van der Waals surface area contributed by atoms with Crippen molar-refractivity contribution in [2.45, 2.75) is 19.9 Å². The quantitative estimate of drug-likeness (QED) is 0.828. The van der Waals surface area contributed by atoms with Crippen molar-refractivity contribution in [1.29, 1.82) is 0 Å². The highest BCUT2D eigenvalue weighted by Crippen LogP contribution is 2.21. The first-order valence-corrected chi connectivity index (χ1v) is 7.80. The van der Waals surface area contributed by atoms with E-state index in [0.29, 0.717) is 34.5 Å². The van der Waals surface area contributed by atoms with E-state index in [1.807, 2.05) is 13.0 Å². The van der Waals surface area contributed by atoms with Crippen LogP contribution in [0.1, 0.15) is 29.3 Å². The average Bonchev–Trinajstić information content (AvgIpc) is 2.52. The zero-order valence-electron chi connectivity index (χ0n) is 12.2. The third kappa shape index (κ3) is 4.65. The van der Waals surface area contributed by atoms with Crippen molar-refractivity contribution in [3.63, 3.8) is 0 Å². The fourth-order valence-corrected chi connectivity index (χ4v) is 2.36. The number of benzene rings is 2. The van der Waals surface area contributed by atoms with Gasteiger partial charge in [0.2, 0.25) is 0 Å². The third-order valence-corrected chi connectivity index (χ3v) is 3.61. The fraction of sp³-hybridized carbons (Fsp3) is 0.235. The molecular formula is C17H17Cl2NO2. The lowest BCUT2D eigenvalue weighted by atomic mass is 10.2. The standard InChI is InChI=1S/C17H17Cl2NO2/c1-2-8-22-15-5-3-4-12(9-15)17(21)20-11-13-6-7-14(18)10-16(13)19/h3-7,9-10H,2,8,11H2,1H3,(H,20,21). The minimum Gasteiger partial charge on any atom is -0.494 e. The molecule has 1 N–H and O–H groups in total. The molecule has 0 fully saturated rings. The molecule has 0 unspecified atom stereocenters. The highest BCUT2D eigenvalue weighted by atomic mass is 35.5. The molecule has 0 aliphatic heterocycles. The van der Waals surface area contributed by atoms with Gasteiger partial charge in [-0.2, -0.15) is 0 Å². The third-order valence-electron chi connectivity index (χ3n) is 3.02. The smallest absolute Gasteiger partial charge is 0.251 e. The Bertz CT molecular complexity index is 659. The van der Waals surface area contributed by atoms with Gasteiger partial charge in [-0.3, -0.25) is 4.79 Å². The maximum Gasteiger partial charge on any atom is 0.251 e. The van der Waals surface area contributed by atoms with E-state index < -0.39 is 0 Å². The second-order valence-electron chi connectivity index (χ2n) is 4.79. The Kier molecular flexibility index (Phi) is 6.10. The van der Waals surface area contributed by atoms with E-state index in [-0.39, 0.29) is 5.91 Å². The number of ether oxygens (including phenoxy) is 1. The van der Waals surface area contributed by atoms with Crippen LogP contribution < -0.4 is 10.1 Å². The summed E-state index contributed by atoms with van der Waals surface area (Å²) in [6.07, 6.45) is 0.922. The molecule has 2 aromatic rings. The van der Waals surface area contributed by atoms with E-state index in [1.54, 1.807) is 36.4 Å². The molecule has 0 bridgehead atoms. The van der Waals surface area contributed by atoms with Crippen LogP contribution in [0, 0.1) is 0 Å². The largest absolute Gasteiger partial charge is 0.494 e. The van der Waals surface area contributed by atoms with Crippen molar-refractivity contribution in [3.05, 3.63) is 63.6 Å². The molecule has 0 aliphatic rings. The van der Waals surface area contributed by atoms with Crippen molar-refractivity contribution >= 4 is 29.1 Å². The monoisotopic (exact) mass is 337 g/mol. The molecule has 0 saturated heterocycles. The first-order chi connectivity index (χ1) is 10.6. The van der Waals surface area contributed by atoms with Crippen LogP contribution >= 0.6 is 23.2 Å². The summed E-state index contributed by atoms with van der Waals surface area (Å²) in [7, 11) is 0. The zero-order valence-corrected chi connectivity index (χ0v) is 13.7. The van der Waals surface area contributed by atoms with Crippen LogP contribution in [-0.2, 0) is 6.54 Å². The van der Waals surface area contributed by atoms with Crippen molar-refractivity contribution in [3.8, 4) is 5.75 Å². The number of carbonyl (C=O) groups is 1. The second kappa shape index (κ2) is 8.06. The Labute approximate surface area is 140 Å². The Morgan fingerprint density at radius 3 is 2.73 bits per heavy atom. The van der Waals surface area contributed by atoms with Gasteiger partial charge in [-0.15, -0.1) is 0 Å².